The van der Waals surface area contributed by atoms with Gasteiger partial charge in [-0.2, -0.15) is 5.10 Å². The third kappa shape index (κ3) is 6.99. The number of halogens is 1. The summed E-state index contributed by atoms with van der Waals surface area (Å²) < 4.78 is 11.0. The van der Waals surface area contributed by atoms with Crippen LogP contribution in [-0.2, 0) is 33.8 Å². The summed E-state index contributed by atoms with van der Waals surface area (Å²) >= 11 is 7.23. The van der Waals surface area contributed by atoms with E-state index in [4.69, 9.17) is 21.1 Å². The molecule has 198 valence electrons. The molecule has 2 aromatic carbocycles. The van der Waals surface area contributed by atoms with E-state index >= 15 is 0 Å². The van der Waals surface area contributed by atoms with Crippen molar-refractivity contribution in [1.82, 2.24) is 5.43 Å². The van der Waals surface area contributed by atoms with Crippen molar-refractivity contribution in [3.8, 4) is 5.75 Å². The molecular formula is C28H28ClN3O5S. The van der Waals surface area contributed by atoms with E-state index in [1.807, 2.05) is 18.2 Å². The lowest BCUT2D eigenvalue weighted by molar-refractivity contribution is -0.136. The minimum atomic E-state index is -0.953. The lowest BCUT2D eigenvalue weighted by Gasteiger charge is -2.18. The molecule has 3 aromatic rings. The first-order chi connectivity index (χ1) is 18.3. The van der Waals surface area contributed by atoms with E-state index in [2.05, 4.69) is 22.8 Å². The van der Waals surface area contributed by atoms with Crippen molar-refractivity contribution in [3.05, 3.63) is 80.7 Å². The Morgan fingerprint density at radius 1 is 1.16 bits per heavy atom. The van der Waals surface area contributed by atoms with Gasteiger partial charge in [-0.3, -0.25) is 9.59 Å². The number of carbonyl (C=O) groups excluding carboxylic acids is 3. The zero-order valence-corrected chi connectivity index (χ0v) is 22.7. The third-order valence-electron chi connectivity index (χ3n) is 5.98. The molecule has 0 spiro atoms. The molecule has 1 atom stereocenters. The monoisotopic (exact) mass is 553 g/mol. The second kappa shape index (κ2) is 12.7. The maximum Gasteiger partial charge on any atom is 0.341 e. The Morgan fingerprint density at radius 3 is 2.71 bits per heavy atom. The number of nitrogens with zero attached hydrogens (tertiary/aromatic N) is 1. The Morgan fingerprint density at radius 2 is 1.95 bits per heavy atom. The molecule has 0 saturated heterocycles. The average molecular weight is 554 g/mol. The maximum atomic E-state index is 12.6. The van der Waals surface area contributed by atoms with E-state index in [0.29, 0.717) is 39.4 Å². The predicted octanol–water partition coefficient (Wildman–Crippen LogP) is 5.37. The summed E-state index contributed by atoms with van der Waals surface area (Å²) in [4.78, 5) is 38.7. The number of amides is 2. The summed E-state index contributed by atoms with van der Waals surface area (Å²) in [6, 6.07) is 14.5. The highest BCUT2D eigenvalue weighted by Crippen LogP contribution is 2.40. The highest BCUT2D eigenvalue weighted by Gasteiger charge is 2.30. The molecule has 0 fully saturated rings. The van der Waals surface area contributed by atoms with E-state index in [9.17, 15) is 14.4 Å². The van der Waals surface area contributed by atoms with E-state index < -0.39 is 17.8 Å². The first kappa shape index (κ1) is 27.3. The largest absolute Gasteiger partial charge is 0.489 e. The number of nitrogens with one attached hydrogen (secondary N) is 2. The number of hydrogen-bond acceptors (Lipinski definition) is 7. The molecule has 10 heteroatoms. The van der Waals surface area contributed by atoms with Gasteiger partial charge < -0.3 is 14.8 Å². The molecule has 1 aliphatic carbocycles. The Bertz CT molecular complexity index is 1350. The van der Waals surface area contributed by atoms with Crippen LogP contribution in [0, 0.1) is 5.92 Å². The highest BCUT2D eigenvalue weighted by atomic mass is 35.5. The molecule has 0 saturated carbocycles. The molecular weight excluding hydrogens is 526 g/mol. The van der Waals surface area contributed by atoms with Crippen LogP contribution in [-0.4, -0.2) is 30.6 Å². The second-order valence-corrected chi connectivity index (χ2v) is 10.5. The number of hydrazone groups is 1. The molecule has 38 heavy (non-hydrogen) atoms. The van der Waals surface area contributed by atoms with Crippen LogP contribution in [0.5, 0.6) is 5.75 Å². The summed E-state index contributed by atoms with van der Waals surface area (Å²) in [6.45, 7) is 4.46. The zero-order chi connectivity index (χ0) is 27.1. The summed E-state index contributed by atoms with van der Waals surface area (Å²) in [5, 5.41) is 7.46. The van der Waals surface area contributed by atoms with E-state index in [1.54, 1.807) is 37.3 Å². The van der Waals surface area contributed by atoms with Crippen LogP contribution in [0.2, 0.25) is 5.02 Å². The number of anilines is 1. The van der Waals surface area contributed by atoms with Crippen molar-refractivity contribution in [2.45, 2.75) is 39.7 Å². The molecule has 0 aliphatic heterocycles. The second-order valence-electron chi connectivity index (χ2n) is 8.92. The predicted molar refractivity (Wildman–Crippen MR) is 148 cm³/mol. The first-order valence-corrected chi connectivity index (χ1v) is 13.5. The zero-order valence-electron chi connectivity index (χ0n) is 21.1. The Labute approximate surface area is 230 Å². The minimum Gasteiger partial charge on any atom is -0.489 e. The van der Waals surface area contributed by atoms with Crippen molar-refractivity contribution >= 4 is 51.9 Å². The van der Waals surface area contributed by atoms with Crippen LogP contribution in [0.1, 0.15) is 52.2 Å². The molecule has 1 heterocycles. The fraction of sp³-hybridized carbons (Fsp3) is 0.286. The minimum absolute atomic E-state index is 0.218. The van der Waals surface area contributed by atoms with Crippen molar-refractivity contribution < 1.29 is 23.9 Å². The van der Waals surface area contributed by atoms with Crippen molar-refractivity contribution in [1.29, 1.82) is 0 Å². The molecule has 0 bridgehead atoms. The number of hydrogen-bond donors (Lipinski definition) is 2. The number of benzene rings is 2. The SMILES string of the molecule is CCOC(=O)c1c(NC(=O)C(=O)N/N=C\c2cccc(OCc3ccc(Cl)cc3)c2)sc2c1CC[C@@H](C)C2. The summed E-state index contributed by atoms with van der Waals surface area (Å²) in [6.07, 6.45) is 3.92. The van der Waals surface area contributed by atoms with Crippen molar-refractivity contribution in [2.24, 2.45) is 11.0 Å². The van der Waals surface area contributed by atoms with Gasteiger partial charge in [0.1, 0.15) is 17.4 Å². The number of rotatable bonds is 8. The first-order valence-electron chi connectivity index (χ1n) is 12.3. The lowest BCUT2D eigenvalue weighted by atomic mass is 9.88. The quantitative estimate of drug-likeness (QED) is 0.169. The lowest BCUT2D eigenvalue weighted by Crippen LogP contribution is -2.32. The fourth-order valence-electron chi connectivity index (χ4n) is 4.07. The standard InChI is InChI=1S/C28H28ClN3O5S/c1-3-36-28(35)24-22-12-7-17(2)13-23(22)38-27(24)31-25(33)26(34)32-30-15-19-5-4-6-21(14-19)37-16-18-8-10-20(29)11-9-18/h4-6,8-11,14-15,17H,3,7,12-13,16H2,1-2H3,(H,31,33)(H,32,34)/b30-15-/t17-/m1/s1. The van der Waals surface area contributed by atoms with Crippen LogP contribution in [0.4, 0.5) is 5.00 Å². The number of thiophene rings is 1. The number of carbonyl (C=O) groups is 3. The molecule has 1 aromatic heterocycles. The Balaban J connectivity index is 1.36. The average Bonchev–Trinajstić information content (AvgIpc) is 3.25. The van der Waals surface area contributed by atoms with Gasteiger partial charge in [-0.25, -0.2) is 10.2 Å². The van der Waals surface area contributed by atoms with Crippen LogP contribution in [0.15, 0.2) is 53.6 Å². The normalized spacial score (nSPS) is 14.6. The maximum absolute atomic E-state index is 12.6. The topological polar surface area (TPSA) is 106 Å². The van der Waals surface area contributed by atoms with E-state index in [-0.39, 0.29) is 6.61 Å². The van der Waals surface area contributed by atoms with Crippen molar-refractivity contribution in [3.63, 3.8) is 0 Å². The Kier molecular flexibility index (Phi) is 9.15. The van der Waals surface area contributed by atoms with Gasteiger partial charge in [-0.15, -0.1) is 11.3 Å². The van der Waals surface area contributed by atoms with Gasteiger partial charge in [0.05, 0.1) is 18.4 Å². The Hall–Kier alpha value is -3.69. The van der Waals surface area contributed by atoms with E-state index in [0.717, 1.165) is 35.3 Å². The molecule has 2 amide bonds. The fourth-order valence-corrected chi connectivity index (χ4v) is 5.59. The van der Waals surface area contributed by atoms with Gasteiger partial charge in [0, 0.05) is 9.90 Å². The molecule has 4 rings (SSSR count). The molecule has 0 radical (unpaired) electrons. The molecule has 0 unspecified atom stereocenters. The summed E-state index contributed by atoms with van der Waals surface area (Å²) in [5.74, 6) is -1.26. The van der Waals surface area contributed by atoms with Crippen LogP contribution in [0.3, 0.4) is 0 Å². The van der Waals surface area contributed by atoms with E-state index in [1.165, 1.54) is 17.6 Å². The van der Waals surface area contributed by atoms with Crippen LogP contribution >= 0.6 is 22.9 Å². The molecule has 2 N–H and O–H groups in total. The van der Waals surface area contributed by atoms with Gasteiger partial charge >= 0.3 is 17.8 Å². The van der Waals surface area contributed by atoms with Gasteiger partial charge in [0.2, 0.25) is 0 Å². The van der Waals surface area contributed by atoms with Gasteiger partial charge in [0.25, 0.3) is 0 Å². The van der Waals surface area contributed by atoms with Crippen LogP contribution in [0.25, 0.3) is 0 Å². The molecule has 8 nitrogen and oxygen atoms in total. The van der Waals surface area contributed by atoms with Gasteiger partial charge in [-0.05, 0) is 73.1 Å². The molecule has 1 aliphatic rings. The van der Waals surface area contributed by atoms with Crippen LogP contribution < -0.4 is 15.5 Å². The number of fused-ring (bicyclic) bond motifs is 1. The number of ether oxygens (including phenoxy) is 2. The number of esters is 1. The van der Waals surface area contributed by atoms with Gasteiger partial charge in [0.15, 0.2) is 0 Å². The summed E-state index contributed by atoms with van der Waals surface area (Å²) in [5.41, 5.74) is 5.12. The highest BCUT2D eigenvalue weighted by molar-refractivity contribution is 7.17. The summed E-state index contributed by atoms with van der Waals surface area (Å²) in [7, 11) is 0. The van der Waals surface area contributed by atoms with Gasteiger partial charge in [-0.1, -0.05) is 42.8 Å². The van der Waals surface area contributed by atoms with Crippen molar-refractivity contribution in [2.75, 3.05) is 11.9 Å². The smallest absolute Gasteiger partial charge is 0.341 e. The third-order valence-corrected chi connectivity index (χ3v) is 7.40.